The number of β-amino-alcohol motifs (C(OH)–C–C–N with tert-alkyl or cyclic N) is 1. The van der Waals surface area contributed by atoms with Gasteiger partial charge >= 0.3 is 0 Å². The summed E-state index contributed by atoms with van der Waals surface area (Å²) in [5.74, 6) is 1.48. The number of aliphatic hydroxyl groups is 1. The number of halogens is 2. The average Bonchev–Trinajstić information content (AvgIpc) is 3.64. The van der Waals surface area contributed by atoms with E-state index in [1.165, 1.54) is 11.3 Å². The molecule has 5 rings (SSSR count). The maximum atomic E-state index is 14.5. The number of benzene rings is 1. The number of nitrogens with zero attached hydrogens (tertiary/aromatic N) is 4. The number of rotatable bonds is 9. The van der Waals surface area contributed by atoms with Crippen molar-refractivity contribution in [3.8, 4) is 11.5 Å². The van der Waals surface area contributed by atoms with E-state index in [0.29, 0.717) is 30.1 Å². The van der Waals surface area contributed by atoms with Gasteiger partial charge in [-0.15, -0.1) is 0 Å². The number of carbonyl (C=O) groups excluding carboxylic acids is 1. The van der Waals surface area contributed by atoms with E-state index >= 15 is 0 Å². The Morgan fingerprint density at radius 1 is 1.14 bits per heavy atom. The molecule has 1 unspecified atom stereocenters. The summed E-state index contributed by atoms with van der Waals surface area (Å²) >= 11 is 0. The summed E-state index contributed by atoms with van der Waals surface area (Å²) in [4.78, 5) is 24.6. The van der Waals surface area contributed by atoms with Gasteiger partial charge in [0.05, 0.1) is 51.2 Å². The number of carbonyl (C=O) groups is 1. The maximum Gasteiger partial charge on any atom is 0.227 e. The lowest BCUT2D eigenvalue weighted by molar-refractivity contribution is -0.151. The van der Waals surface area contributed by atoms with Gasteiger partial charge in [0, 0.05) is 30.8 Å². The highest BCUT2D eigenvalue weighted by molar-refractivity contribution is 5.80. The van der Waals surface area contributed by atoms with E-state index in [9.17, 15) is 18.7 Å². The number of hydrogen-bond donors (Lipinski definition) is 1. The van der Waals surface area contributed by atoms with Crippen molar-refractivity contribution in [2.24, 2.45) is 17.8 Å². The first-order valence-electron chi connectivity index (χ1n) is 12.9. The van der Waals surface area contributed by atoms with Gasteiger partial charge in [-0.1, -0.05) is 0 Å². The molecule has 2 aliphatic heterocycles. The molecule has 2 atom stereocenters. The van der Waals surface area contributed by atoms with Crippen molar-refractivity contribution in [3.63, 3.8) is 0 Å². The molecule has 1 amide bonds. The van der Waals surface area contributed by atoms with Crippen LogP contribution in [0.4, 0.5) is 14.7 Å². The van der Waals surface area contributed by atoms with Crippen LogP contribution in [-0.4, -0.2) is 71.4 Å². The van der Waals surface area contributed by atoms with Crippen molar-refractivity contribution in [2.45, 2.75) is 44.6 Å². The minimum Gasteiger partial charge on any atom is -0.494 e. The first-order chi connectivity index (χ1) is 17.7. The molecule has 8 nitrogen and oxygen atoms in total. The monoisotopic (exact) mass is 516 g/mol. The Bertz CT molecular complexity index is 1090. The fraction of sp³-hybridized carbons (Fsp3) is 0.593. The highest BCUT2D eigenvalue weighted by atomic mass is 19.1. The lowest BCUT2D eigenvalue weighted by Gasteiger charge is -2.44. The largest absolute Gasteiger partial charge is 0.494 e. The predicted octanol–water partition coefficient (Wildman–Crippen LogP) is 3.22. The van der Waals surface area contributed by atoms with Crippen LogP contribution in [0.3, 0.4) is 0 Å². The summed E-state index contributed by atoms with van der Waals surface area (Å²) in [6.07, 6.45) is 7.23. The summed E-state index contributed by atoms with van der Waals surface area (Å²) in [7, 11) is 1.60. The quantitative estimate of drug-likeness (QED) is 0.548. The maximum absolute atomic E-state index is 14.5. The van der Waals surface area contributed by atoms with E-state index in [-0.39, 0.29) is 30.8 Å². The third kappa shape index (κ3) is 5.95. The number of aromatic nitrogens is 2. The number of anilines is 1. The number of ether oxygens (including phenoxy) is 2. The molecule has 0 spiro atoms. The molecule has 0 radical (unpaired) electrons. The molecule has 2 aromatic rings. The van der Waals surface area contributed by atoms with Crippen LogP contribution in [-0.2, 0) is 11.2 Å². The highest BCUT2D eigenvalue weighted by Crippen LogP contribution is 2.50. The lowest BCUT2D eigenvalue weighted by Crippen LogP contribution is -2.62. The molecule has 2 saturated heterocycles. The van der Waals surface area contributed by atoms with Crippen LogP contribution >= 0.6 is 0 Å². The van der Waals surface area contributed by atoms with Gasteiger partial charge in [-0.3, -0.25) is 4.79 Å². The SMILES string of the molecule is COc1cnc(N2CCC(C3C[C@H]3CCOc3cc(F)c(CC(=O)N4CC(C)(O)C4)c(F)c3)CC2)nc1. The fourth-order valence-corrected chi connectivity index (χ4v) is 5.66. The minimum atomic E-state index is -0.922. The molecule has 3 aliphatic rings. The number of piperidine rings is 1. The number of amides is 1. The summed E-state index contributed by atoms with van der Waals surface area (Å²) < 4.78 is 39.9. The molecule has 1 aliphatic carbocycles. The Morgan fingerprint density at radius 3 is 2.38 bits per heavy atom. The zero-order valence-corrected chi connectivity index (χ0v) is 21.3. The number of likely N-dealkylation sites (tertiary alicyclic amines) is 1. The van der Waals surface area contributed by atoms with E-state index < -0.39 is 23.1 Å². The third-order valence-corrected chi connectivity index (χ3v) is 7.87. The van der Waals surface area contributed by atoms with Crippen LogP contribution in [0.25, 0.3) is 0 Å². The van der Waals surface area contributed by atoms with Gasteiger partial charge in [0.25, 0.3) is 0 Å². The average molecular weight is 517 g/mol. The first kappa shape index (κ1) is 25.6. The van der Waals surface area contributed by atoms with Crippen LogP contribution in [0.1, 0.15) is 38.2 Å². The van der Waals surface area contributed by atoms with Crippen molar-refractivity contribution < 1.29 is 28.2 Å². The molecule has 1 aromatic carbocycles. The van der Waals surface area contributed by atoms with Gasteiger partial charge in [-0.2, -0.15) is 0 Å². The molecule has 37 heavy (non-hydrogen) atoms. The topological polar surface area (TPSA) is 88.0 Å². The summed E-state index contributed by atoms with van der Waals surface area (Å²) in [6, 6.07) is 2.30. The van der Waals surface area contributed by atoms with Crippen LogP contribution < -0.4 is 14.4 Å². The molecule has 1 aromatic heterocycles. The minimum absolute atomic E-state index is 0.142. The predicted molar refractivity (Wildman–Crippen MR) is 132 cm³/mol. The van der Waals surface area contributed by atoms with Crippen molar-refractivity contribution in [1.29, 1.82) is 0 Å². The lowest BCUT2D eigenvalue weighted by atomic mass is 9.90. The second-order valence-electron chi connectivity index (χ2n) is 10.8. The van der Waals surface area contributed by atoms with Crippen LogP contribution in [0.2, 0.25) is 0 Å². The third-order valence-electron chi connectivity index (χ3n) is 7.87. The van der Waals surface area contributed by atoms with E-state index in [2.05, 4.69) is 14.9 Å². The Morgan fingerprint density at radius 2 is 1.78 bits per heavy atom. The van der Waals surface area contributed by atoms with Crippen LogP contribution in [0.5, 0.6) is 11.5 Å². The van der Waals surface area contributed by atoms with Crippen LogP contribution in [0, 0.1) is 29.4 Å². The fourth-order valence-electron chi connectivity index (χ4n) is 5.66. The zero-order chi connectivity index (χ0) is 26.2. The van der Waals surface area contributed by atoms with Crippen molar-refractivity contribution in [2.75, 3.05) is 44.8 Å². The summed E-state index contributed by atoms with van der Waals surface area (Å²) in [5, 5.41) is 9.76. The van der Waals surface area contributed by atoms with Gasteiger partial charge < -0.3 is 24.4 Å². The van der Waals surface area contributed by atoms with E-state index in [1.807, 2.05) is 0 Å². The number of methoxy groups -OCH3 is 1. The first-order valence-corrected chi connectivity index (χ1v) is 12.9. The molecular formula is C27H34F2N4O4. The molecule has 1 N–H and O–H groups in total. The molecule has 3 fully saturated rings. The Kier molecular flexibility index (Phi) is 7.20. The van der Waals surface area contributed by atoms with E-state index in [1.54, 1.807) is 26.4 Å². The second-order valence-corrected chi connectivity index (χ2v) is 10.8. The molecule has 0 bridgehead atoms. The van der Waals surface area contributed by atoms with Crippen molar-refractivity contribution >= 4 is 11.9 Å². The van der Waals surface area contributed by atoms with Crippen molar-refractivity contribution in [1.82, 2.24) is 14.9 Å². The molecule has 3 heterocycles. The second kappa shape index (κ2) is 10.4. The molecule has 200 valence electrons. The molecule has 10 heteroatoms. The summed E-state index contributed by atoms with van der Waals surface area (Å²) in [5.41, 5.74) is -1.19. The van der Waals surface area contributed by atoms with Gasteiger partial charge in [-0.05, 0) is 50.4 Å². The van der Waals surface area contributed by atoms with Crippen LogP contribution in [0.15, 0.2) is 24.5 Å². The van der Waals surface area contributed by atoms with Gasteiger partial charge in [-0.25, -0.2) is 18.7 Å². The Balaban J connectivity index is 1.04. The van der Waals surface area contributed by atoms with Gasteiger partial charge in [0.2, 0.25) is 11.9 Å². The summed E-state index contributed by atoms with van der Waals surface area (Å²) in [6.45, 7) is 4.24. The van der Waals surface area contributed by atoms with Gasteiger partial charge in [0.15, 0.2) is 5.75 Å². The van der Waals surface area contributed by atoms with E-state index in [0.717, 1.165) is 50.4 Å². The zero-order valence-electron chi connectivity index (χ0n) is 21.3. The Hall–Kier alpha value is -3.01. The highest BCUT2D eigenvalue weighted by Gasteiger charge is 2.43. The van der Waals surface area contributed by atoms with Crippen molar-refractivity contribution in [3.05, 3.63) is 41.7 Å². The smallest absolute Gasteiger partial charge is 0.227 e. The Labute approximate surface area is 215 Å². The van der Waals surface area contributed by atoms with E-state index in [4.69, 9.17) is 9.47 Å². The number of hydrogen-bond acceptors (Lipinski definition) is 7. The molecular weight excluding hydrogens is 482 g/mol. The van der Waals surface area contributed by atoms with Gasteiger partial charge in [0.1, 0.15) is 17.4 Å². The molecule has 1 saturated carbocycles. The normalized spacial score (nSPS) is 22.9. The standard InChI is InChI=1S/C27H34F2N4O4/c1-27(35)15-33(16-27)25(34)12-22-23(28)10-19(11-24(22)29)37-8-5-18-9-21(18)17-3-6-32(7-4-17)26-30-13-20(36-2)14-31-26/h10-11,13-14,17-18,21,35H,3-9,12,15-16H2,1-2H3/t18-,21?/m1/s1.